The van der Waals surface area contributed by atoms with Gasteiger partial charge in [0.1, 0.15) is 11.8 Å². The Balaban J connectivity index is 1.51. The van der Waals surface area contributed by atoms with Gasteiger partial charge in [-0.1, -0.05) is 0 Å². The summed E-state index contributed by atoms with van der Waals surface area (Å²) in [6.45, 7) is 3.44. The normalized spacial score (nSPS) is 18.3. The van der Waals surface area contributed by atoms with Gasteiger partial charge in [0.05, 0.1) is 30.5 Å². The number of carbonyl (C=O) groups excluding carboxylic acids is 2. The molecule has 11 heteroatoms. The van der Waals surface area contributed by atoms with E-state index in [0.717, 1.165) is 5.56 Å². The van der Waals surface area contributed by atoms with Gasteiger partial charge in [-0.2, -0.15) is 5.10 Å². The molecule has 1 aliphatic carbocycles. The molecule has 3 aromatic rings. The standard InChI is InChI=1S/C24H31N7O4/c1-24(2,12-32)30-22(33)14-4-6-16(7-5-14)29-23(34)17-11-18(15-8-9-26-19(10-15)35-3)31-20(17)21(25)27-13-28-31/h8-11,13-14,16,32H,4-7,12H2,1-3H3,(H,29,34)(H,30,33)(H2,25,27,28)/t14-,16-. The number of aromatic nitrogens is 4. The van der Waals surface area contributed by atoms with E-state index in [1.54, 1.807) is 42.8 Å². The first-order valence-electron chi connectivity index (χ1n) is 11.6. The molecule has 0 atom stereocenters. The number of carbonyl (C=O) groups is 2. The zero-order valence-electron chi connectivity index (χ0n) is 20.1. The molecular formula is C24H31N7O4. The number of nitrogens with zero attached hydrogens (tertiary/aromatic N) is 4. The molecule has 0 saturated heterocycles. The van der Waals surface area contributed by atoms with Crippen LogP contribution in [0.3, 0.4) is 0 Å². The fourth-order valence-corrected chi connectivity index (χ4v) is 4.37. The molecule has 5 N–H and O–H groups in total. The van der Waals surface area contributed by atoms with Crippen LogP contribution in [-0.4, -0.2) is 61.8 Å². The molecule has 35 heavy (non-hydrogen) atoms. The number of aliphatic hydroxyl groups excluding tert-OH is 1. The number of nitrogens with one attached hydrogen (secondary N) is 2. The second kappa shape index (κ2) is 9.87. The Morgan fingerprint density at radius 1 is 1.23 bits per heavy atom. The molecule has 3 heterocycles. The van der Waals surface area contributed by atoms with Gasteiger partial charge >= 0.3 is 0 Å². The molecule has 2 amide bonds. The van der Waals surface area contributed by atoms with Gasteiger partial charge in [-0.15, -0.1) is 0 Å². The van der Waals surface area contributed by atoms with E-state index in [2.05, 4.69) is 25.7 Å². The first-order valence-corrected chi connectivity index (χ1v) is 11.6. The number of pyridine rings is 1. The van der Waals surface area contributed by atoms with Crippen molar-refractivity contribution in [1.82, 2.24) is 30.2 Å². The first-order chi connectivity index (χ1) is 16.7. The monoisotopic (exact) mass is 481 g/mol. The maximum atomic E-state index is 13.3. The van der Waals surface area contributed by atoms with E-state index in [-0.39, 0.29) is 36.2 Å². The number of amides is 2. The highest BCUT2D eigenvalue weighted by molar-refractivity contribution is 6.05. The summed E-state index contributed by atoms with van der Waals surface area (Å²) >= 11 is 0. The quantitative estimate of drug-likeness (QED) is 0.396. The van der Waals surface area contributed by atoms with E-state index in [1.807, 2.05) is 0 Å². The number of hydrogen-bond donors (Lipinski definition) is 4. The first kappa shape index (κ1) is 24.4. The molecule has 11 nitrogen and oxygen atoms in total. The van der Waals surface area contributed by atoms with Crippen molar-refractivity contribution in [2.45, 2.75) is 51.1 Å². The average molecular weight is 482 g/mol. The maximum Gasteiger partial charge on any atom is 0.253 e. The van der Waals surface area contributed by atoms with Gasteiger partial charge in [-0.3, -0.25) is 9.59 Å². The summed E-state index contributed by atoms with van der Waals surface area (Å²) in [5.74, 6) is 0.166. The predicted octanol–water partition coefficient (Wildman–Crippen LogP) is 1.56. The molecule has 0 aliphatic heterocycles. The van der Waals surface area contributed by atoms with E-state index < -0.39 is 5.54 Å². The summed E-state index contributed by atoms with van der Waals surface area (Å²) in [5, 5.41) is 19.7. The van der Waals surface area contributed by atoms with Crippen molar-refractivity contribution >= 4 is 23.1 Å². The Bertz CT molecular complexity index is 1230. The number of nitrogen functional groups attached to an aromatic ring is 1. The lowest BCUT2D eigenvalue weighted by atomic mass is 9.85. The smallest absolute Gasteiger partial charge is 0.253 e. The summed E-state index contributed by atoms with van der Waals surface area (Å²) in [6.07, 6.45) is 5.62. The molecule has 186 valence electrons. The van der Waals surface area contributed by atoms with Crippen LogP contribution in [0.2, 0.25) is 0 Å². The van der Waals surface area contributed by atoms with Gasteiger partial charge in [-0.25, -0.2) is 14.5 Å². The molecule has 1 aliphatic rings. The minimum atomic E-state index is -0.656. The minimum absolute atomic E-state index is 0.0606. The van der Waals surface area contributed by atoms with E-state index >= 15 is 0 Å². The van der Waals surface area contributed by atoms with Crippen LogP contribution in [0, 0.1) is 5.92 Å². The number of rotatable bonds is 7. The molecule has 0 aromatic carbocycles. The summed E-state index contributed by atoms with van der Waals surface area (Å²) < 4.78 is 6.82. The third-order valence-electron chi connectivity index (χ3n) is 6.36. The maximum absolute atomic E-state index is 13.3. The molecule has 1 saturated carbocycles. The molecule has 0 radical (unpaired) electrons. The molecule has 0 unspecified atom stereocenters. The lowest BCUT2D eigenvalue weighted by molar-refractivity contribution is -0.128. The Labute approximate surface area is 203 Å². The molecule has 3 aromatic heterocycles. The van der Waals surface area contributed by atoms with Crippen LogP contribution in [0.15, 0.2) is 30.7 Å². The Kier molecular flexibility index (Phi) is 6.88. The summed E-state index contributed by atoms with van der Waals surface area (Å²) in [4.78, 5) is 34.0. The van der Waals surface area contributed by atoms with Crippen molar-refractivity contribution in [3.63, 3.8) is 0 Å². The van der Waals surface area contributed by atoms with Gasteiger partial charge in [0.2, 0.25) is 11.8 Å². The number of nitrogens with two attached hydrogens (primary N) is 1. The van der Waals surface area contributed by atoms with E-state index in [4.69, 9.17) is 10.5 Å². The molecule has 0 spiro atoms. The fourth-order valence-electron chi connectivity index (χ4n) is 4.37. The van der Waals surface area contributed by atoms with Crippen LogP contribution >= 0.6 is 0 Å². The highest BCUT2D eigenvalue weighted by atomic mass is 16.5. The van der Waals surface area contributed by atoms with Crippen molar-refractivity contribution in [3.8, 4) is 17.1 Å². The van der Waals surface area contributed by atoms with Crippen LogP contribution in [0.4, 0.5) is 5.82 Å². The van der Waals surface area contributed by atoms with Crippen molar-refractivity contribution in [1.29, 1.82) is 0 Å². The highest BCUT2D eigenvalue weighted by Gasteiger charge is 2.31. The van der Waals surface area contributed by atoms with E-state index in [9.17, 15) is 14.7 Å². The van der Waals surface area contributed by atoms with Crippen molar-refractivity contribution < 1.29 is 19.4 Å². The van der Waals surface area contributed by atoms with Crippen molar-refractivity contribution in [3.05, 3.63) is 36.3 Å². The molecule has 1 fully saturated rings. The van der Waals surface area contributed by atoms with E-state index in [0.29, 0.717) is 48.3 Å². The second-order valence-corrected chi connectivity index (χ2v) is 9.49. The molecule has 4 rings (SSSR count). The molecule has 0 bridgehead atoms. The lowest BCUT2D eigenvalue weighted by Crippen LogP contribution is -2.49. The number of anilines is 1. The van der Waals surface area contributed by atoms with Gasteiger partial charge in [0.25, 0.3) is 5.91 Å². The van der Waals surface area contributed by atoms with Crippen LogP contribution in [0.25, 0.3) is 16.8 Å². The zero-order valence-corrected chi connectivity index (χ0v) is 20.1. The summed E-state index contributed by atoms with van der Waals surface area (Å²) in [6, 6.07) is 5.23. The minimum Gasteiger partial charge on any atom is -0.481 e. The van der Waals surface area contributed by atoms with Crippen molar-refractivity contribution in [2.75, 3.05) is 19.5 Å². The Hall–Kier alpha value is -3.73. The van der Waals surface area contributed by atoms with Gasteiger partial charge in [0.15, 0.2) is 5.82 Å². The topological polar surface area (TPSA) is 157 Å². The SMILES string of the molecule is COc1cc(-c2cc(C(=O)N[C@H]3CC[C@H](C(=O)NC(C)(C)CO)CC3)c3c(N)ncnn23)ccn1. The average Bonchev–Trinajstić information content (AvgIpc) is 3.25. The van der Waals surface area contributed by atoms with Crippen LogP contribution < -0.4 is 21.1 Å². The molecular weight excluding hydrogens is 450 g/mol. The number of methoxy groups -OCH3 is 1. The Morgan fingerprint density at radius 3 is 2.66 bits per heavy atom. The Morgan fingerprint density at radius 2 is 1.97 bits per heavy atom. The van der Waals surface area contributed by atoms with Crippen LogP contribution in [0.5, 0.6) is 5.88 Å². The van der Waals surface area contributed by atoms with Crippen molar-refractivity contribution in [2.24, 2.45) is 5.92 Å². The number of ether oxygens (including phenoxy) is 1. The van der Waals surface area contributed by atoms with E-state index in [1.165, 1.54) is 13.4 Å². The highest BCUT2D eigenvalue weighted by Crippen LogP contribution is 2.30. The summed E-state index contributed by atoms with van der Waals surface area (Å²) in [7, 11) is 1.53. The number of hydrogen-bond acceptors (Lipinski definition) is 8. The van der Waals surface area contributed by atoms with Gasteiger partial charge in [0, 0.05) is 29.8 Å². The lowest BCUT2D eigenvalue weighted by Gasteiger charge is -2.31. The van der Waals surface area contributed by atoms with Crippen LogP contribution in [0.1, 0.15) is 49.9 Å². The number of aliphatic hydroxyl groups is 1. The second-order valence-electron chi connectivity index (χ2n) is 9.49. The zero-order chi connectivity index (χ0) is 25.2. The fraction of sp³-hybridized carbons (Fsp3) is 0.458. The third kappa shape index (κ3) is 5.19. The van der Waals surface area contributed by atoms with Crippen LogP contribution in [-0.2, 0) is 4.79 Å². The predicted molar refractivity (Wildman–Crippen MR) is 130 cm³/mol. The number of fused-ring (bicyclic) bond motifs is 1. The largest absolute Gasteiger partial charge is 0.481 e. The van der Waals surface area contributed by atoms with Gasteiger partial charge in [-0.05, 0) is 51.7 Å². The third-order valence-corrected chi connectivity index (χ3v) is 6.36. The summed E-state index contributed by atoms with van der Waals surface area (Å²) in [5.41, 5.74) is 7.71. The van der Waals surface area contributed by atoms with Gasteiger partial charge < -0.3 is 26.2 Å².